The van der Waals surface area contributed by atoms with Crippen molar-refractivity contribution in [3.63, 3.8) is 0 Å². The molecule has 0 aromatic carbocycles. The fraction of sp³-hybridized carbons (Fsp3) is 0. The van der Waals surface area contributed by atoms with Crippen molar-refractivity contribution >= 4 is 22.9 Å². The average molecular weight is 247 g/mol. The van der Waals surface area contributed by atoms with Gasteiger partial charge in [-0.2, -0.15) is 9.37 Å². The number of hydrogen-bond acceptors (Lipinski definition) is 4. The molecule has 0 amide bonds. The Kier molecular flexibility index (Phi) is 2.45. The van der Waals surface area contributed by atoms with Crippen molar-refractivity contribution in [3.05, 3.63) is 32.6 Å². The SMILES string of the molecule is O=c1[nH]c(-c2ccc(Cl)s2)nc(O)c1F. The summed E-state index contributed by atoms with van der Waals surface area (Å²) in [6.45, 7) is 0. The lowest BCUT2D eigenvalue weighted by Crippen LogP contribution is -2.12. The minimum atomic E-state index is -1.29. The molecular formula is C8H4ClFN2O2S. The van der Waals surface area contributed by atoms with Crippen molar-refractivity contribution in [3.8, 4) is 16.6 Å². The lowest BCUT2D eigenvalue weighted by molar-refractivity contribution is 0.405. The quantitative estimate of drug-likeness (QED) is 0.809. The Morgan fingerprint density at radius 2 is 2.27 bits per heavy atom. The van der Waals surface area contributed by atoms with E-state index in [2.05, 4.69) is 9.97 Å². The first-order valence-corrected chi connectivity index (χ1v) is 5.02. The molecule has 0 saturated heterocycles. The van der Waals surface area contributed by atoms with E-state index in [-0.39, 0.29) is 5.82 Å². The fourth-order valence-electron chi connectivity index (χ4n) is 1.01. The Balaban J connectivity index is 2.60. The fourth-order valence-corrected chi connectivity index (χ4v) is 1.99. The third-order valence-electron chi connectivity index (χ3n) is 1.65. The van der Waals surface area contributed by atoms with E-state index in [0.717, 1.165) is 11.3 Å². The van der Waals surface area contributed by atoms with Crippen LogP contribution in [0.15, 0.2) is 16.9 Å². The summed E-state index contributed by atoms with van der Waals surface area (Å²) in [7, 11) is 0. The van der Waals surface area contributed by atoms with E-state index in [9.17, 15) is 9.18 Å². The maximum absolute atomic E-state index is 12.8. The number of halogens is 2. The Hall–Kier alpha value is -1.40. The highest BCUT2D eigenvalue weighted by molar-refractivity contribution is 7.19. The van der Waals surface area contributed by atoms with E-state index >= 15 is 0 Å². The summed E-state index contributed by atoms with van der Waals surface area (Å²) in [6, 6.07) is 3.23. The van der Waals surface area contributed by atoms with E-state index in [4.69, 9.17) is 16.7 Å². The zero-order valence-corrected chi connectivity index (χ0v) is 8.69. The summed E-state index contributed by atoms with van der Waals surface area (Å²) in [5.41, 5.74) is -1.01. The van der Waals surface area contributed by atoms with Crippen molar-refractivity contribution in [2.75, 3.05) is 0 Å². The van der Waals surface area contributed by atoms with Crippen LogP contribution >= 0.6 is 22.9 Å². The first-order valence-electron chi connectivity index (χ1n) is 3.82. The molecule has 0 radical (unpaired) electrons. The van der Waals surface area contributed by atoms with Crippen LogP contribution in [0.25, 0.3) is 10.7 Å². The molecule has 0 fully saturated rings. The van der Waals surface area contributed by atoms with Gasteiger partial charge in [-0.25, -0.2) is 0 Å². The molecule has 0 aliphatic rings. The molecule has 4 nitrogen and oxygen atoms in total. The molecule has 0 saturated carbocycles. The molecule has 2 rings (SSSR count). The van der Waals surface area contributed by atoms with Crippen molar-refractivity contribution in [1.82, 2.24) is 9.97 Å². The highest BCUT2D eigenvalue weighted by Gasteiger charge is 2.12. The van der Waals surface area contributed by atoms with Crippen molar-refractivity contribution in [2.24, 2.45) is 0 Å². The van der Waals surface area contributed by atoms with E-state index in [1.54, 1.807) is 12.1 Å². The highest BCUT2D eigenvalue weighted by Crippen LogP contribution is 2.28. The molecule has 0 aliphatic heterocycles. The maximum atomic E-state index is 12.8. The molecule has 0 unspecified atom stereocenters. The van der Waals surface area contributed by atoms with Crippen LogP contribution < -0.4 is 5.56 Å². The molecule has 2 heterocycles. The molecule has 78 valence electrons. The minimum absolute atomic E-state index is 0.0933. The number of nitrogens with one attached hydrogen (secondary N) is 1. The van der Waals surface area contributed by atoms with Crippen molar-refractivity contribution in [2.45, 2.75) is 0 Å². The number of thiophene rings is 1. The predicted octanol–water partition coefficient (Wildman–Crippen LogP) is 2.00. The van der Waals surface area contributed by atoms with Crippen molar-refractivity contribution < 1.29 is 9.50 Å². The summed E-state index contributed by atoms with van der Waals surface area (Å²) in [5, 5.41) is 9.01. The van der Waals surface area contributed by atoms with Gasteiger partial charge in [0.05, 0.1) is 9.21 Å². The molecule has 0 aliphatic carbocycles. The van der Waals surface area contributed by atoms with E-state index in [0.29, 0.717) is 9.21 Å². The first kappa shape index (κ1) is 10.1. The van der Waals surface area contributed by atoms with E-state index in [1.165, 1.54) is 0 Å². The molecule has 2 aromatic heterocycles. The van der Waals surface area contributed by atoms with Crippen LogP contribution in [0.2, 0.25) is 4.34 Å². The van der Waals surface area contributed by atoms with Crippen LogP contribution in [0.3, 0.4) is 0 Å². The second-order valence-electron chi connectivity index (χ2n) is 2.66. The van der Waals surface area contributed by atoms with Gasteiger partial charge in [0.25, 0.3) is 11.4 Å². The zero-order valence-electron chi connectivity index (χ0n) is 7.12. The topological polar surface area (TPSA) is 66.0 Å². The van der Waals surface area contributed by atoms with Crippen LogP contribution in [-0.4, -0.2) is 15.1 Å². The second-order valence-corrected chi connectivity index (χ2v) is 4.37. The Morgan fingerprint density at radius 3 is 2.80 bits per heavy atom. The third kappa shape index (κ3) is 1.86. The van der Waals surface area contributed by atoms with Crippen LogP contribution in [0.4, 0.5) is 4.39 Å². The third-order valence-corrected chi connectivity index (χ3v) is 2.89. The molecule has 2 N–H and O–H groups in total. The normalized spacial score (nSPS) is 10.5. The van der Waals surface area contributed by atoms with E-state index in [1.807, 2.05) is 0 Å². The lowest BCUT2D eigenvalue weighted by atomic mass is 10.4. The van der Waals surface area contributed by atoms with E-state index < -0.39 is 17.3 Å². The predicted molar refractivity (Wildman–Crippen MR) is 54.8 cm³/mol. The average Bonchev–Trinajstić information content (AvgIpc) is 2.60. The van der Waals surface area contributed by atoms with Gasteiger partial charge in [0, 0.05) is 0 Å². The van der Waals surface area contributed by atoms with Gasteiger partial charge in [0.1, 0.15) is 0 Å². The van der Waals surface area contributed by atoms with Crippen LogP contribution in [0.5, 0.6) is 5.88 Å². The summed E-state index contributed by atoms with van der Waals surface area (Å²) >= 11 is 6.85. The number of aromatic hydroxyl groups is 1. The van der Waals surface area contributed by atoms with Gasteiger partial charge >= 0.3 is 0 Å². The summed E-state index contributed by atoms with van der Waals surface area (Å²) in [5.74, 6) is -2.12. The highest BCUT2D eigenvalue weighted by atomic mass is 35.5. The maximum Gasteiger partial charge on any atom is 0.291 e. The largest absolute Gasteiger partial charge is 0.491 e. The summed E-state index contributed by atoms with van der Waals surface area (Å²) in [6.07, 6.45) is 0. The zero-order chi connectivity index (χ0) is 11.0. The number of aromatic amines is 1. The number of rotatable bonds is 1. The molecule has 0 spiro atoms. The molecule has 7 heteroatoms. The van der Waals surface area contributed by atoms with Gasteiger partial charge in [-0.1, -0.05) is 11.6 Å². The smallest absolute Gasteiger partial charge is 0.291 e. The van der Waals surface area contributed by atoms with Gasteiger partial charge in [0.15, 0.2) is 5.82 Å². The molecular weight excluding hydrogens is 243 g/mol. The Bertz CT molecular complexity index is 566. The van der Waals surface area contributed by atoms with Gasteiger partial charge < -0.3 is 10.1 Å². The minimum Gasteiger partial charge on any atom is -0.491 e. The summed E-state index contributed by atoms with van der Waals surface area (Å²) in [4.78, 5) is 17.2. The number of H-pyrrole nitrogens is 1. The number of nitrogens with zero attached hydrogens (tertiary/aromatic N) is 1. The molecule has 0 bridgehead atoms. The molecule has 2 aromatic rings. The summed E-state index contributed by atoms with van der Waals surface area (Å²) < 4.78 is 13.3. The first-order chi connectivity index (χ1) is 7.08. The second kappa shape index (κ2) is 3.63. The van der Waals surface area contributed by atoms with Crippen LogP contribution in [0.1, 0.15) is 0 Å². The van der Waals surface area contributed by atoms with Crippen molar-refractivity contribution in [1.29, 1.82) is 0 Å². The van der Waals surface area contributed by atoms with Gasteiger partial charge in [-0.15, -0.1) is 11.3 Å². The number of hydrogen-bond donors (Lipinski definition) is 2. The Labute approximate surface area is 92.0 Å². The molecule has 15 heavy (non-hydrogen) atoms. The Morgan fingerprint density at radius 1 is 1.53 bits per heavy atom. The van der Waals surface area contributed by atoms with Gasteiger partial charge in [-0.05, 0) is 12.1 Å². The molecule has 0 atom stereocenters. The van der Waals surface area contributed by atoms with Gasteiger partial charge in [0.2, 0.25) is 5.82 Å². The monoisotopic (exact) mass is 246 g/mol. The van der Waals surface area contributed by atoms with Crippen LogP contribution in [0, 0.1) is 5.82 Å². The lowest BCUT2D eigenvalue weighted by Gasteiger charge is -1.97. The standard InChI is InChI=1S/C8H4ClFN2O2S/c9-4-2-1-3(15-4)6-11-7(13)5(10)8(14)12-6/h1-2H,(H2,11,12,13,14). The number of aromatic nitrogens is 2. The van der Waals surface area contributed by atoms with Crippen LogP contribution in [-0.2, 0) is 0 Å². The van der Waals surface area contributed by atoms with Gasteiger partial charge in [-0.3, -0.25) is 4.79 Å².